The van der Waals surface area contributed by atoms with Crippen molar-refractivity contribution in [2.24, 2.45) is 0 Å². The van der Waals surface area contributed by atoms with Crippen molar-refractivity contribution in [2.75, 3.05) is 0 Å². The fraction of sp³-hybridized carbons (Fsp3) is 0.143. The van der Waals surface area contributed by atoms with Crippen LogP contribution in [0.5, 0.6) is 0 Å². The van der Waals surface area contributed by atoms with Gasteiger partial charge in [-0.2, -0.15) is 0 Å². The molecule has 0 heterocycles. The second-order valence-corrected chi connectivity index (χ2v) is 6.96. The number of rotatable bonds is 5. The lowest BCUT2D eigenvalue weighted by atomic mass is 10.2. The third-order valence-electron chi connectivity index (χ3n) is 2.85. The number of benzene rings is 2. The van der Waals surface area contributed by atoms with Gasteiger partial charge < -0.3 is 5.11 Å². The Morgan fingerprint density at radius 3 is 2.29 bits per heavy atom. The van der Waals surface area contributed by atoms with Crippen molar-refractivity contribution < 1.29 is 17.9 Å². The van der Waals surface area contributed by atoms with Crippen LogP contribution in [0.4, 0.5) is 4.39 Å². The Bertz CT molecular complexity index is 732. The van der Waals surface area contributed by atoms with Crippen LogP contribution in [0.25, 0.3) is 0 Å². The molecule has 112 valence electrons. The second kappa shape index (κ2) is 6.65. The number of hydrogen-bond donors (Lipinski definition) is 2. The third kappa shape index (κ3) is 4.10. The third-order valence-corrected chi connectivity index (χ3v) is 5.23. The number of nitrogens with one attached hydrogen (secondary N) is 1. The Kier molecular flexibility index (Phi) is 5.10. The first-order valence-electron chi connectivity index (χ1n) is 6.06. The zero-order valence-corrected chi connectivity index (χ0v) is 13.3. The first-order chi connectivity index (χ1) is 9.92. The summed E-state index contributed by atoms with van der Waals surface area (Å²) in [7, 11) is -3.70. The summed E-state index contributed by atoms with van der Waals surface area (Å²) >= 11 is 3.18. The van der Waals surface area contributed by atoms with E-state index in [0.29, 0.717) is 15.6 Å². The van der Waals surface area contributed by atoms with Crippen LogP contribution < -0.4 is 4.72 Å². The summed E-state index contributed by atoms with van der Waals surface area (Å²) in [5.41, 5.74) is 1.27. The van der Waals surface area contributed by atoms with E-state index in [9.17, 15) is 12.8 Å². The first kappa shape index (κ1) is 16.1. The zero-order valence-electron chi connectivity index (χ0n) is 10.9. The van der Waals surface area contributed by atoms with Gasteiger partial charge in [0.25, 0.3) is 0 Å². The van der Waals surface area contributed by atoms with Crippen molar-refractivity contribution in [3.63, 3.8) is 0 Å². The molecule has 2 N–H and O–H groups in total. The molecule has 0 aromatic heterocycles. The Morgan fingerprint density at radius 1 is 1.10 bits per heavy atom. The van der Waals surface area contributed by atoms with Gasteiger partial charge in [0.05, 0.1) is 11.5 Å². The molecule has 0 radical (unpaired) electrons. The van der Waals surface area contributed by atoms with Gasteiger partial charge in [0.2, 0.25) is 10.0 Å². The number of hydrogen-bond acceptors (Lipinski definition) is 3. The summed E-state index contributed by atoms with van der Waals surface area (Å²) < 4.78 is 40.0. The van der Waals surface area contributed by atoms with Gasteiger partial charge in [-0.25, -0.2) is 17.5 Å². The monoisotopic (exact) mass is 373 g/mol. The Morgan fingerprint density at radius 2 is 1.71 bits per heavy atom. The summed E-state index contributed by atoms with van der Waals surface area (Å²) in [4.78, 5) is 0.0850. The Balaban J connectivity index is 2.16. The predicted molar refractivity (Wildman–Crippen MR) is 80.5 cm³/mol. The van der Waals surface area contributed by atoms with Crippen LogP contribution >= 0.6 is 15.9 Å². The van der Waals surface area contributed by atoms with Crippen LogP contribution in [0, 0.1) is 5.82 Å². The van der Waals surface area contributed by atoms with Crippen LogP contribution in [0.15, 0.2) is 51.8 Å². The number of halogens is 2. The maximum Gasteiger partial charge on any atom is 0.241 e. The molecule has 0 unspecified atom stereocenters. The number of aliphatic hydroxyl groups is 1. The second-order valence-electron chi connectivity index (χ2n) is 4.37. The molecule has 0 aliphatic carbocycles. The lowest BCUT2D eigenvalue weighted by molar-refractivity contribution is 0.281. The average Bonchev–Trinajstić information content (AvgIpc) is 2.46. The highest BCUT2D eigenvalue weighted by Gasteiger charge is 2.17. The van der Waals surface area contributed by atoms with E-state index in [1.807, 2.05) is 0 Å². The molecule has 0 aliphatic heterocycles. The zero-order chi connectivity index (χ0) is 15.5. The number of sulfonamides is 1. The lowest BCUT2D eigenvalue weighted by Crippen LogP contribution is -2.23. The molecule has 0 saturated carbocycles. The number of aliphatic hydroxyl groups excluding tert-OH is 1. The van der Waals surface area contributed by atoms with Gasteiger partial charge in [-0.3, -0.25) is 0 Å². The van der Waals surface area contributed by atoms with Crippen molar-refractivity contribution in [2.45, 2.75) is 18.0 Å². The van der Waals surface area contributed by atoms with Crippen molar-refractivity contribution in [3.05, 3.63) is 63.9 Å². The van der Waals surface area contributed by atoms with Crippen LogP contribution in [0.2, 0.25) is 0 Å². The fourth-order valence-electron chi connectivity index (χ4n) is 1.72. The quantitative estimate of drug-likeness (QED) is 0.846. The van der Waals surface area contributed by atoms with Crippen LogP contribution in [0.3, 0.4) is 0 Å². The van der Waals surface area contributed by atoms with Gasteiger partial charge in [0, 0.05) is 11.0 Å². The van der Waals surface area contributed by atoms with E-state index in [1.54, 1.807) is 6.07 Å². The highest BCUT2D eigenvalue weighted by molar-refractivity contribution is 9.10. The molecular formula is C14H13BrFNO3S. The van der Waals surface area contributed by atoms with Crippen LogP contribution in [-0.4, -0.2) is 13.5 Å². The lowest BCUT2D eigenvalue weighted by Gasteiger charge is -2.09. The minimum absolute atomic E-state index is 0.0663. The molecule has 2 rings (SSSR count). The molecule has 0 aliphatic rings. The largest absolute Gasteiger partial charge is 0.392 e. The maximum atomic E-state index is 12.8. The van der Waals surface area contributed by atoms with E-state index >= 15 is 0 Å². The highest BCUT2D eigenvalue weighted by atomic mass is 79.9. The molecule has 0 amide bonds. The van der Waals surface area contributed by atoms with E-state index < -0.39 is 10.0 Å². The van der Waals surface area contributed by atoms with E-state index in [2.05, 4.69) is 20.7 Å². The molecule has 2 aromatic carbocycles. The van der Waals surface area contributed by atoms with Crippen molar-refractivity contribution in [1.82, 2.24) is 4.72 Å². The van der Waals surface area contributed by atoms with Gasteiger partial charge in [0.15, 0.2) is 0 Å². The summed E-state index contributed by atoms with van der Waals surface area (Å²) in [5, 5.41) is 9.01. The van der Waals surface area contributed by atoms with Gasteiger partial charge in [-0.05, 0) is 51.3 Å². The van der Waals surface area contributed by atoms with Gasteiger partial charge >= 0.3 is 0 Å². The van der Waals surface area contributed by atoms with Crippen LogP contribution in [-0.2, 0) is 23.2 Å². The summed E-state index contributed by atoms with van der Waals surface area (Å²) in [6.45, 7) is -0.0985. The molecule has 0 atom stereocenters. The van der Waals surface area contributed by atoms with E-state index in [0.717, 1.165) is 0 Å². The van der Waals surface area contributed by atoms with E-state index in [4.69, 9.17) is 5.11 Å². The highest BCUT2D eigenvalue weighted by Crippen LogP contribution is 2.23. The summed E-state index contributed by atoms with van der Waals surface area (Å²) in [5.74, 6) is -0.371. The first-order valence-corrected chi connectivity index (χ1v) is 8.33. The summed E-state index contributed by atoms with van der Waals surface area (Å²) in [6, 6.07) is 10.1. The topological polar surface area (TPSA) is 66.4 Å². The van der Waals surface area contributed by atoms with Crippen LogP contribution in [0.1, 0.15) is 11.1 Å². The molecule has 7 heteroatoms. The molecule has 0 fully saturated rings. The minimum Gasteiger partial charge on any atom is -0.392 e. The van der Waals surface area contributed by atoms with Crippen molar-refractivity contribution >= 4 is 26.0 Å². The Hall–Kier alpha value is -1.28. The molecule has 0 saturated heterocycles. The van der Waals surface area contributed by atoms with Gasteiger partial charge in [-0.15, -0.1) is 0 Å². The molecular weight excluding hydrogens is 361 g/mol. The molecule has 2 aromatic rings. The Labute approximate surface area is 130 Å². The van der Waals surface area contributed by atoms with Gasteiger partial charge in [0.1, 0.15) is 5.82 Å². The molecule has 0 spiro atoms. The molecule has 0 bridgehead atoms. The summed E-state index contributed by atoms with van der Waals surface area (Å²) in [6.07, 6.45) is 0. The van der Waals surface area contributed by atoms with Crippen molar-refractivity contribution in [3.8, 4) is 0 Å². The predicted octanol–water partition coefficient (Wildman–Crippen LogP) is 2.56. The average molecular weight is 374 g/mol. The molecule has 21 heavy (non-hydrogen) atoms. The SMILES string of the molecule is O=S(=O)(NCc1ccc(F)cc1)c1ccc(CO)cc1Br. The standard InChI is InChI=1S/C14H13BrFNO3S/c15-13-7-11(9-18)3-6-14(13)21(19,20)17-8-10-1-4-12(16)5-2-10/h1-7,17-18H,8-9H2. The molecule has 4 nitrogen and oxygen atoms in total. The van der Waals surface area contributed by atoms with Gasteiger partial charge in [-0.1, -0.05) is 18.2 Å². The normalized spacial score (nSPS) is 11.6. The van der Waals surface area contributed by atoms with E-state index in [-0.39, 0.29) is 23.9 Å². The fourth-order valence-corrected chi connectivity index (χ4v) is 3.86. The van der Waals surface area contributed by atoms with Crippen molar-refractivity contribution in [1.29, 1.82) is 0 Å². The van der Waals surface area contributed by atoms with E-state index in [1.165, 1.54) is 36.4 Å². The minimum atomic E-state index is -3.70. The maximum absolute atomic E-state index is 12.8. The smallest absolute Gasteiger partial charge is 0.241 e.